The van der Waals surface area contributed by atoms with Gasteiger partial charge in [-0.25, -0.2) is 4.99 Å². The molecule has 1 heterocycles. The standard InChI is InChI=1S/C16H30N4OS/c1-5-13(6-2)15-11-14(21-20-15)12-19-16(17-7-3)18-9-8-10-22-4/h11,13H,5-10,12H2,1-4H3,(H2,17,18,19). The van der Waals surface area contributed by atoms with Crippen LogP contribution in [0.2, 0.25) is 0 Å². The Morgan fingerprint density at radius 2 is 2.09 bits per heavy atom. The molecule has 1 aromatic heterocycles. The Labute approximate surface area is 138 Å². The smallest absolute Gasteiger partial charge is 0.191 e. The summed E-state index contributed by atoms with van der Waals surface area (Å²) >= 11 is 1.86. The fraction of sp³-hybridized carbons (Fsp3) is 0.750. The third-order valence-corrected chi connectivity index (χ3v) is 4.23. The molecule has 6 heteroatoms. The summed E-state index contributed by atoms with van der Waals surface area (Å²) < 4.78 is 5.40. The highest BCUT2D eigenvalue weighted by Gasteiger charge is 2.12. The summed E-state index contributed by atoms with van der Waals surface area (Å²) in [5.41, 5.74) is 1.05. The number of rotatable bonds is 10. The zero-order valence-corrected chi connectivity index (χ0v) is 15.1. The zero-order valence-electron chi connectivity index (χ0n) is 14.3. The molecule has 1 aromatic rings. The molecule has 0 saturated carbocycles. The lowest BCUT2D eigenvalue weighted by molar-refractivity contribution is 0.372. The molecular weight excluding hydrogens is 296 g/mol. The average molecular weight is 327 g/mol. The number of thioether (sulfide) groups is 1. The second kappa shape index (κ2) is 11.4. The molecule has 0 spiro atoms. The van der Waals surface area contributed by atoms with Crippen molar-refractivity contribution in [3.63, 3.8) is 0 Å². The Balaban J connectivity index is 2.54. The highest BCUT2D eigenvalue weighted by Crippen LogP contribution is 2.22. The van der Waals surface area contributed by atoms with E-state index < -0.39 is 0 Å². The number of hydrogen-bond acceptors (Lipinski definition) is 4. The molecule has 22 heavy (non-hydrogen) atoms. The van der Waals surface area contributed by atoms with Gasteiger partial charge in [0.15, 0.2) is 11.7 Å². The Kier molecular flexibility index (Phi) is 9.79. The predicted molar refractivity (Wildman–Crippen MR) is 95.6 cm³/mol. The van der Waals surface area contributed by atoms with E-state index in [2.05, 4.69) is 47.8 Å². The summed E-state index contributed by atoms with van der Waals surface area (Å²) in [7, 11) is 0. The van der Waals surface area contributed by atoms with Crippen molar-refractivity contribution in [3.8, 4) is 0 Å². The molecule has 2 N–H and O–H groups in total. The minimum absolute atomic E-state index is 0.486. The lowest BCUT2D eigenvalue weighted by Gasteiger charge is -2.10. The van der Waals surface area contributed by atoms with Gasteiger partial charge in [0, 0.05) is 25.1 Å². The largest absolute Gasteiger partial charge is 0.359 e. The maximum absolute atomic E-state index is 5.40. The van der Waals surface area contributed by atoms with E-state index in [4.69, 9.17) is 4.52 Å². The lowest BCUT2D eigenvalue weighted by atomic mass is 9.99. The first-order valence-corrected chi connectivity index (χ1v) is 9.61. The average Bonchev–Trinajstić information content (AvgIpc) is 2.99. The molecular formula is C16H30N4OS. The molecule has 0 unspecified atom stereocenters. The number of nitrogens with zero attached hydrogens (tertiary/aromatic N) is 2. The first kappa shape index (κ1) is 18.9. The van der Waals surface area contributed by atoms with Gasteiger partial charge in [-0.05, 0) is 38.2 Å². The van der Waals surface area contributed by atoms with Crippen LogP contribution < -0.4 is 10.6 Å². The zero-order chi connectivity index (χ0) is 16.2. The van der Waals surface area contributed by atoms with E-state index in [1.807, 2.05) is 17.8 Å². The molecule has 0 bridgehead atoms. The van der Waals surface area contributed by atoms with E-state index in [0.717, 1.165) is 55.5 Å². The Bertz CT molecular complexity index is 430. The van der Waals surface area contributed by atoms with E-state index in [9.17, 15) is 0 Å². The van der Waals surface area contributed by atoms with Gasteiger partial charge in [0.05, 0.1) is 5.69 Å². The van der Waals surface area contributed by atoms with Crippen LogP contribution in [-0.2, 0) is 6.54 Å². The van der Waals surface area contributed by atoms with Crippen LogP contribution >= 0.6 is 11.8 Å². The van der Waals surface area contributed by atoms with E-state index in [0.29, 0.717) is 12.5 Å². The quantitative estimate of drug-likeness (QED) is 0.392. The van der Waals surface area contributed by atoms with Gasteiger partial charge >= 0.3 is 0 Å². The topological polar surface area (TPSA) is 62.5 Å². The first-order valence-electron chi connectivity index (χ1n) is 8.21. The van der Waals surface area contributed by atoms with Crippen LogP contribution in [0.4, 0.5) is 0 Å². The number of guanidine groups is 1. The van der Waals surface area contributed by atoms with Crippen molar-refractivity contribution in [2.75, 3.05) is 25.1 Å². The molecule has 0 amide bonds. The fourth-order valence-electron chi connectivity index (χ4n) is 2.22. The SMILES string of the molecule is CCNC(=NCc1cc(C(CC)CC)no1)NCCCSC. The van der Waals surface area contributed by atoms with Gasteiger partial charge in [0.1, 0.15) is 6.54 Å². The van der Waals surface area contributed by atoms with Crippen molar-refractivity contribution >= 4 is 17.7 Å². The van der Waals surface area contributed by atoms with Gasteiger partial charge in [0.25, 0.3) is 0 Å². The van der Waals surface area contributed by atoms with Crippen LogP contribution in [0.1, 0.15) is 57.4 Å². The van der Waals surface area contributed by atoms with Crippen molar-refractivity contribution < 1.29 is 4.52 Å². The van der Waals surface area contributed by atoms with Crippen LogP contribution in [0.25, 0.3) is 0 Å². The molecule has 5 nitrogen and oxygen atoms in total. The highest BCUT2D eigenvalue weighted by atomic mass is 32.2. The third kappa shape index (κ3) is 6.73. The number of hydrogen-bond donors (Lipinski definition) is 2. The molecule has 1 rings (SSSR count). The van der Waals surface area contributed by atoms with Crippen molar-refractivity contribution in [1.29, 1.82) is 0 Å². The number of aromatic nitrogens is 1. The Morgan fingerprint density at radius 3 is 2.73 bits per heavy atom. The molecule has 0 aliphatic rings. The number of nitrogens with one attached hydrogen (secondary N) is 2. The summed E-state index contributed by atoms with van der Waals surface area (Å²) in [6.45, 7) is 8.74. The monoisotopic (exact) mass is 326 g/mol. The number of aliphatic imine (C=N–C) groups is 1. The summed E-state index contributed by atoms with van der Waals surface area (Å²) in [5.74, 6) is 3.31. The predicted octanol–water partition coefficient (Wildman–Crippen LogP) is 3.39. The molecule has 0 fully saturated rings. The minimum Gasteiger partial charge on any atom is -0.359 e. The third-order valence-electron chi connectivity index (χ3n) is 3.54. The van der Waals surface area contributed by atoms with E-state index in [1.165, 1.54) is 0 Å². The Morgan fingerprint density at radius 1 is 1.32 bits per heavy atom. The fourth-order valence-corrected chi connectivity index (χ4v) is 2.66. The van der Waals surface area contributed by atoms with Crippen molar-refractivity contribution in [2.45, 2.75) is 52.5 Å². The second-order valence-electron chi connectivity index (χ2n) is 5.20. The summed E-state index contributed by atoms with van der Waals surface area (Å²) in [4.78, 5) is 4.56. The van der Waals surface area contributed by atoms with Gasteiger partial charge < -0.3 is 15.2 Å². The van der Waals surface area contributed by atoms with Gasteiger partial charge in [-0.15, -0.1) is 0 Å². The van der Waals surface area contributed by atoms with E-state index in [-0.39, 0.29) is 0 Å². The van der Waals surface area contributed by atoms with Gasteiger partial charge in [-0.2, -0.15) is 11.8 Å². The maximum Gasteiger partial charge on any atom is 0.191 e. The van der Waals surface area contributed by atoms with Gasteiger partial charge in [0.2, 0.25) is 0 Å². The van der Waals surface area contributed by atoms with Crippen LogP contribution in [0.15, 0.2) is 15.6 Å². The molecule has 0 radical (unpaired) electrons. The van der Waals surface area contributed by atoms with Crippen molar-refractivity contribution in [2.24, 2.45) is 4.99 Å². The van der Waals surface area contributed by atoms with Gasteiger partial charge in [-0.1, -0.05) is 19.0 Å². The normalized spacial score (nSPS) is 12.0. The van der Waals surface area contributed by atoms with Crippen LogP contribution in [0, 0.1) is 0 Å². The summed E-state index contributed by atoms with van der Waals surface area (Å²) in [6, 6.07) is 2.04. The Hall–Kier alpha value is -1.17. The summed E-state index contributed by atoms with van der Waals surface area (Å²) in [5, 5.41) is 10.8. The van der Waals surface area contributed by atoms with Crippen LogP contribution in [0.5, 0.6) is 0 Å². The minimum atomic E-state index is 0.486. The second-order valence-corrected chi connectivity index (χ2v) is 6.19. The van der Waals surface area contributed by atoms with E-state index in [1.54, 1.807) is 0 Å². The molecule has 126 valence electrons. The van der Waals surface area contributed by atoms with E-state index >= 15 is 0 Å². The molecule has 0 saturated heterocycles. The van der Waals surface area contributed by atoms with Crippen molar-refractivity contribution in [1.82, 2.24) is 15.8 Å². The van der Waals surface area contributed by atoms with Crippen LogP contribution in [0.3, 0.4) is 0 Å². The molecule has 0 aliphatic heterocycles. The lowest BCUT2D eigenvalue weighted by Crippen LogP contribution is -2.37. The highest BCUT2D eigenvalue weighted by molar-refractivity contribution is 7.98. The van der Waals surface area contributed by atoms with Crippen LogP contribution in [-0.4, -0.2) is 36.2 Å². The summed E-state index contributed by atoms with van der Waals surface area (Å²) in [6.07, 6.45) is 5.43. The molecule has 0 atom stereocenters. The van der Waals surface area contributed by atoms with Gasteiger partial charge in [-0.3, -0.25) is 0 Å². The van der Waals surface area contributed by atoms with Crippen molar-refractivity contribution in [3.05, 3.63) is 17.5 Å². The molecule has 0 aromatic carbocycles. The first-order chi connectivity index (χ1) is 10.7. The maximum atomic E-state index is 5.40. The molecule has 0 aliphatic carbocycles.